The molecule has 0 saturated heterocycles. The predicted octanol–water partition coefficient (Wildman–Crippen LogP) is 4.18. The van der Waals surface area contributed by atoms with Crippen LogP contribution in [0.1, 0.15) is 28.6 Å². The Morgan fingerprint density at radius 3 is 2.48 bits per heavy atom. The van der Waals surface area contributed by atoms with Gasteiger partial charge in [0.1, 0.15) is 0 Å². The van der Waals surface area contributed by atoms with Gasteiger partial charge in [-0.3, -0.25) is 0 Å². The van der Waals surface area contributed by atoms with E-state index in [0.717, 1.165) is 39.0 Å². The fourth-order valence-electron chi connectivity index (χ4n) is 3.70. The highest BCUT2D eigenvalue weighted by Gasteiger charge is 2.12. The molecule has 0 bridgehead atoms. The third-order valence-corrected chi connectivity index (χ3v) is 5.28. The van der Waals surface area contributed by atoms with Crippen LogP contribution in [-0.2, 0) is 6.54 Å². The van der Waals surface area contributed by atoms with Crippen LogP contribution in [0.4, 0.5) is 4.79 Å². The second-order valence-electron chi connectivity index (χ2n) is 7.65. The summed E-state index contributed by atoms with van der Waals surface area (Å²) < 4.78 is 1.88. The Hall–Kier alpha value is -3.64. The molecule has 3 aromatic carbocycles. The van der Waals surface area contributed by atoms with Crippen molar-refractivity contribution in [1.82, 2.24) is 20.4 Å². The first-order valence-electron chi connectivity index (χ1n) is 10.3. The minimum Gasteiger partial charge on any atom is -0.387 e. The van der Waals surface area contributed by atoms with Crippen LogP contribution < -0.4 is 10.6 Å². The number of amides is 2. The van der Waals surface area contributed by atoms with Gasteiger partial charge in [0.25, 0.3) is 0 Å². The maximum atomic E-state index is 12.3. The zero-order valence-corrected chi connectivity index (χ0v) is 17.7. The zero-order chi connectivity index (χ0) is 21.8. The molecule has 0 aliphatic carbocycles. The van der Waals surface area contributed by atoms with Gasteiger partial charge in [-0.15, -0.1) is 0 Å². The lowest BCUT2D eigenvalue weighted by Gasteiger charge is -2.15. The summed E-state index contributed by atoms with van der Waals surface area (Å²) in [5.41, 5.74) is 4.64. The van der Waals surface area contributed by atoms with Crippen LogP contribution in [0.5, 0.6) is 0 Å². The zero-order valence-electron chi connectivity index (χ0n) is 17.7. The van der Waals surface area contributed by atoms with Gasteiger partial charge in [-0.1, -0.05) is 54.6 Å². The van der Waals surface area contributed by atoms with Crippen LogP contribution in [-0.4, -0.2) is 27.5 Å². The molecule has 4 rings (SSSR count). The van der Waals surface area contributed by atoms with Crippen LogP contribution in [0, 0.1) is 13.8 Å². The molecule has 0 fully saturated rings. The van der Waals surface area contributed by atoms with E-state index in [1.54, 1.807) is 0 Å². The summed E-state index contributed by atoms with van der Waals surface area (Å²) in [6.45, 7) is 4.44. The Kier molecular flexibility index (Phi) is 6.00. The number of fused-ring (bicyclic) bond motifs is 1. The average Bonchev–Trinajstić information content (AvgIpc) is 3.13. The summed E-state index contributed by atoms with van der Waals surface area (Å²) in [4.78, 5) is 12.3. The smallest absolute Gasteiger partial charge is 0.315 e. The van der Waals surface area contributed by atoms with E-state index in [1.807, 2.05) is 91.3 Å². The fourth-order valence-corrected chi connectivity index (χ4v) is 3.70. The number of aryl methyl sites for hydroxylation is 2. The molecule has 6 heteroatoms. The number of aromatic nitrogens is 2. The molecule has 1 heterocycles. The van der Waals surface area contributed by atoms with Gasteiger partial charge < -0.3 is 15.7 Å². The summed E-state index contributed by atoms with van der Waals surface area (Å²) in [6, 6.07) is 23.3. The monoisotopic (exact) mass is 414 g/mol. The number of nitrogens with zero attached hydrogens (tertiary/aromatic N) is 2. The number of rotatable bonds is 6. The van der Waals surface area contributed by atoms with Gasteiger partial charge >= 0.3 is 6.03 Å². The molecule has 2 amide bonds. The normalized spacial score (nSPS) is 12.0. The van der Waals surface area contributed by atoms with Crippen molar-refractivity contribution in [3.8, 4) is 5.69 Å². The molecule has 31 heavy (non-hydrogen) atoms. The van der Waals surface area contributed by atoms with Crippen LogP contribution in [0.15, 0.2) is 72.8 Å². The van der Waals surface area contributed by atoms with E-state index >= 15 is 0 Å². The highest BCUT2D eigenvalue weighted by molar-refractivity contribution is 5.83. The molecule has 0 spiro atoms. The molecule has 3 N–H and O–H groups in total. The lowest BCUT2D eigenvalue weighted by atomic mass is 10.0. The number of urea groups is 1. The third kappa shape index (κ3) is 4.75. The third-order valence-electron chi connectivity index (χ3n) is 5.28. The fraction of sp³-hybridized carbons (Fsp3) is 0.200. The van der Waals surface area contributed by atoms with E-state index in [0.29, 0.717) is 6.54 Å². The summed E-state index contributed by atoms with van der Waals surface area (Å²) in [5, 5.41) is 22.8. The highest BCUT2D eigenvalue weighted by atomic mass is 16.3. The van der Waals surface area contributed by atoms with E-state index in [2.05, 4.69) is 15.7 Å². The molecule has 158 valence electrons. The Labute approximate surface area is 181 Å². The predicted molar refractivity (Wildman–Crippen MR) is 122 cm³/mol. The molecule has 4 aromatic rings. The van der Waals surface area contributed by atoms with E-state index in [-0.39, 0.29) is 12.6 Å². The number of para-hydroxylation sites is 1. The van der Waals surface area contributed by atoms with Gasteiger partial charge in [0.15, 0.2) is 0 Å². The molecular weight excluding hydrogens is 388 g/mol. The number of aliphatic hydroxyl groups is 1. The molecular formula is C25H26N4O2. The van der Waals surface area contributed by atoms with Gasteiger partial charge in [-0.2, -0.15) is 5.10 Å². The molecule has 6 nitrogen and oxygen atoms in total. The highest BCUT2D eigenvalue weighted by Crippen LogP contribution is 2.20. The summed E-state index contributed by atoms with van der Waals surface area (Å²) >= 11 is 0. The minimum atomic E-state index is -0.780. The van der Waals surface area contributed by atoms with Crippen molar-refractivity contribution < 1.29 is 9.90 Å². The second-order valence-corrected chi connectivity index (χ2v) is 7.65. The molecule has 0 aliphatic heterocycles. The number of hydrogen-bond donors (Lipinski definition) is 3. The minimum absolute atomic E-state index is 0.128. The molecule has 0 aliphatic rings. The van der Waals surface area contributed by atoms with Crippen molar-refractivity contribution in [1.29, 1.82) is 0 Å². The van der Waals surface area contributed by atoms with Gasteiger partial charge in [-0.25, -0.2) is 9.48 Å². The Morgan fingerprint density at radius 2 is 1.71 bits per heavy atom. The molecule has 1 atom stereocenters. The SMILES string of the molecule is Cc1cc(C)n(-c2ccccc2CNC(=O)NCC(O)c2ccc3ccccc3c2)n1. The number of carbonyl (C=O) groups is 1. The first-order chi connectivity index (χ1) is 15.0. The van der Waals surface area contributed by atoms with E-state index in [9.17, 15) is 9.90 Å². The summed E-state index contributed by atoms with van der Waals surface area (Å²) in [5.74, 6) is 0. The van der Waals surface area contributed by atoms with Crippen molar-refractivity contribution in [3.63, 3.8) is 0 Å². The first kappa shape index (κ1) is 20.6. The van der Waals surface area contributed by atoms with Gasteiger partial charge in [0.2, 0.25) is 0 Å². The number of hydrogen-bond acceptors (Lipinski definition) is 3. The van der Waals surface area contributed by atoms with Gasteiger partial charge in [-0.05, 0) is 53.9 Å². The molecule has 1 aromatic heterocycles. The number of benzene rings is 3. The number of aliphatic hydroxyl groups excluding tert-OH is 1. The molecule has 0 radical (unpaired) electrons. The van der Waals surface area contributed by atoms with E-state index in [4.69, 9.17) is 0 Å². The second kappa shape index (κ2) is 9.02. The quantitative estimate of drug-likeness (QED) is 0.443. The summed E-state index contributed by atoms with van der Waals surface area (Å²) in [7, 11) is 0. The van der Waals surface area contributed by atoms with E-state index < -0.39 is 6.10 Å². The first-order valence-corrected chi connectivity index (χ1v) is 10.3. The van der Waals surface area contributed by atoms with Crippen LogP contribution in [0.25, 0.3) is 16.5 Å². The van der Waals surface area contributed by atoms with Gasteiger partial charge in [0.05, 0.1) is 17.5 Å². The van der Waals surface area contributed by atoms with Crippen LogP contribution in [0.3, 0.4) is 0 Å². The lowest BCUT2D eigenvalue weighted by molar-refractivity contribution is 0.173. The largest absolute Gasteiger partial charge is 0.387 e. The topological polar surface area (TPSA) is 79.2 Å². The molecule has 1 unspecified atom stereocenters. The number of carbonyl (C=O) groups excluding carboxylic acids is 1. The Morgan fingerprint density at radius 1 is 0.968 bits per heavy atom. The van der Waals surface area contributed by atoms with Crippen LogP contribution >= 0.6 is 0 Å². The Bertz CT molecular complexity index is 1220. The Balaban J connectivity index is 1.36. The summed E-state index contributed by atoms with van der Waals surface area (Å²) in [6.07, 6.45) is -0.780. The van der Waals surface area contributed by atoms with Gasteiger partial charge in [0, 0.05) is 18.8 Å². The van der Waals surface area contributed by atoms with Crippen LogP contribution in [0.2, 0.25) is 0 Å². The van der Waals surface area contributed by atoms with Crippen molar-refractivity contribution in [2.75, 3.05) is 6.54 Å². The van der Waals surface area contributed by atoms with Crippen molar-refractivity contribution in [3.05, 3.63) is 95.3 Å². The number of nitrogens with one attached hydrogen (secondary N) is 2. The van der Waals surface area contributed by atoms with Crippen molar-refractivity contribution >= 4 is 16.8 Å². The lowest BCUT2D eigenvalue weighted by Crippen LogP contribution is -2.37. The van der Waals surface area contributed by atoms with Crippen molar-refractivity contribution in [2.24, 2.45) is 0 Å². The maximum Gasteiger partial charge on any atom is 0.315 e. The maximum absolute atomic E-state index is 12.3. The standard InChI is InChI=1S/C25H26N4O2/c1-17-13-18(2)29(28-17)23-10-6-5-9-22(23)15-26-25(31)27-16-24(30)21-12-11-19-7-3-4-8-20(19)14-21/h3-14,24,30H,15-16H2,1-2H3,(H2,26,27,31). The van der Waals surface area contributed by atoms with E-state index in [1.165, 1.54) is 0 Å². The van der Waals surface area contributed by atoms with Crippen molar-refractivity contribution in [2.45, 2.75) is 26.5 Å². The average molecular weight is 415 g/mol. The molecule has 0 saturated carbocycles.